The average Bonchev–Trinajstić information content (AvgIpc) is 2.51. The van der Waals surface area contributed by atoms with Crippen molar-refractivity contribution in [2.75, 3.05) is 0 Å². The fourth-order valence-electron chi connectivity index (χ4n) is 1.37. The van der Waals surface area contributed by atoms with Gasteiger partial charge in [-0.2, -0.15) is 0 Å². The van der Waals surface area contributed by atoms with Crippen LogP contribution in [0.5, 0.6) is 0 Å². The quantitative estimate of drug-likeness (QED) is 0.833. The molecule has 0 aliphatic carbocycles. The van der Waals surface area contributed by atoms with E-state index in [1.54, 1.807) is 17.4 Å². The number of hydrogen-bond donors (Lipinski definition) is 1. The van der Waals surface area contributed by atoms with Crippen LogP contribution in [0, 0.1) is 0 Å². The number of carboxylic acids is 1. The number of benzene rings is 1. The Morgan fingerprint density at radius 1 is 1.50 bits per heavy atom. The molecule has 0 aliphatic heterocycles. The maximum absolute atomic E-state index is 10.5. The number of rotatable bonds is 2. The standard InChI is InChI=1S/C11H6BrClO2S/c12-11-7(2-4-10(14)15)8-5-6(13)1-3-9(8)16-11/h1-5H,(H,14,15)/b4-2+. The first-order valence-corrected chi connectivity index (χ1v) is 6.35. The smallest absolute Gasteiger partial charge is 0.328 e. The Bertz CT molecular complexity index is 589. The first-order valence-electron chi connectivity index (χ1n) is 4.36. The van der Waals surface area contributed by atoms with Crippen molar-refractivity contribution in [3.63, 3.8) is 0 Å². The largest absolute Gasteiger partial charge is 0.478 e. The van der Waals surface area contributed by atoms with Gasteiger partial charge in [-0.05, 0) is 40.2 Å². The molecular formula is C11H6BrClO2S. The zero-order valence-corrected chi connectivity index (χ0v) is 11.1. The molecule has 0 saturated carbocycles. The summed E-state index contributed by atoms with van der Waals surface area (Å²) in [5.41, 5.74) is 0.852. The normalized spacial score (nSPS) is 11.4. The maximum atomic E-state index is 10.5. The van der Waals surface area contributed by atoms with Crippen LogP contribution in [0.2, 0.25) is 5.02 Å². The van der Waals surface area contributed by atoms with E-state index >= 15 is 0 Å². The van der Waals surface area contributed by atoms with E-state index in [-0.39, 0.29) is 0 Å². The van der Waals surface area contributed by atoms with Gasteiger partial charge in [0.1, 0.15) is 0 Å². The van der Waals surface area contributed by atoms with Gasteiger partial charge in [0.2, 0.25) is 0 Å². The lowest BCUT2D eigenvalue weighted by molar-refractivity contribution is -0.131. The van der Waals surface area contributed by atoms with Crippen molar-refractivity contribution >= 4 is 61.0 Å². The first-order chi connectivity index (χ1) is 7.58. The van der Waals surface area contributed by atoms with Crippen LogP contribution in [0.15, 0.2) is 28.1 Å². The van der Waals surface area contributed by atoms with Crippen molar-refractivity contribution in [1.29, 1.82) is 0 Å². The van der Waals surface area contributed by atoms with Crippen LogP contribution in [0.3, 0.4) is 0 Å². The molecule has 0 spiro atoms. The second-order valence-corrected chi connectivity index (χ2v) is 5.91. The van der Waals surface area contributed by atoms with Gasteiger partial charge in [-0.1, -0.05) is 11.6 Å². The highest BCUT2D eigenvalue weighted by Gasteiger charge is 2.08. The predicted molar refractivity (Wildman–Crippen MR) is 71.2 cm³/mol. The molecule has 1 N–H and O–H groups in total. The highest BCUT2D eigenvalue weighted by molar-refractivity contribution is 9.11. The molecular weight excluding hydrogens is 312 g/mol. The number of thiophene rings is 1. The van der Waals surface area contributed by atoms with Crippen molar-refractivity contribution in [2.45, 2.75) is 0 Å². The fraction of sp³-hybridized carbons (Fsp3) is 0. The van der Waals surface area contributed by atoms with Gasteiger partial charge in [0.25, 0.3) is 0 Å². The minimum atomic E-state index is -0.965. The molecule has 1 aromatic carbocycles. The van der Waals surface area contributed by atoms with Gasteiger partial charge in [0.05, 0.1) is 3.79 Å². The Balaban J connectivity index is 2.62. The van der Waals surface area contributed by atoms with E-state index < -0.39 is 5.97 Å². The third kappa shape index (κ3) is 2.29. The summed E-state index contributed by atoms with van der Waals surface area (Å²) in [6, 6.07) is 5.57. The molecule has 0 saturated heterocycles. The zero-order valence-electron chi connectivity index (χ0n) is 7.91. The number of aliphatic carboxylic acids is 1. The Kier molecular flexibility index (Phi) is 3.33. The summed E-state index contributed by atoms with van der Waals surface area (Å²) < 4.78 is 1.98. The molecule has 2 aromatic rings. The van der Waals surface area contributed by atoms with Crippen LogP contribution in [0.4, 0.5) is 0 Å². The molecule has 0 bridgehead atoms. The Morgan fingerprint density at radius 3 is 2.94 bits per heavy atom. The van der Waals surface area contributed by atoms with Crippen LogP contribution in [-0.2, 0) is 4.79 Å². The van der Waals surface area contributed by atoms with Gasteiger partial charge in [0.15, 0.2) is 0 Å². The van der Waals surface area contributed by atoms with E-state index in [1.807, 2.05) is 18.2 Å². The van der Waals surface area contributed by atoms with Gasteiger partial charge in [-0.3, -0.25) is 0 Å². The lowest BCUT2D eigenvalue weighted by Gasteiger charge is -1.93. The van der Waals surface area contributed by atoms with Gasteiger partial charge in [0, 0.05) is 26.7 Å². The van der Waals surface area contributed by atoms with Gasteiger partial charge in [-0.15, -0.1) is 11.3 Å². The van der Waals surface area contributed by atoms with E-state index in [2.05, 4.69) is 15.9 Å². The molecule has 0 unspecified atom stereocenters. The van der Waals surface area contributed by atoms with Crippen molar-refractivity contribution in [3.05, 3.63) is 38.6 Å². The van der Waals surface area contributed by atoms with Crippen molar-refractivity contribution < 1.29 is 9.90 Å². The summed E-state index contributed by atoms with van der Waals surface area (Å²) >= 11 is 10.9. The van der Waals surface area contributed by atoms with Crippen LogP contribution >= 0.6 is 38.9 Å². The lowest BCUT2D eigenvalue weighted by atomic mass is 10.1. The fourth-order valence-corrected chi connectivity index (χ4v) is 3.31. The van der Waals surface area contributed by atoms with Crippen molar-refractivity contribution in [1.82, 2.24) is 0 Å². The molecule has 0 atom stereocenters. The second-order valence-electron chi connectivity index (χ2n) is 3.10. The molecule has 0 amide bonds. The number of halogens is 2. The minimum absolute atomic E-state index is 0.641. The van der Waals surface area contributed by atoms with Crippen molar-refractivity contribution in [2.24, 2.45) is 0 Å². The summed E-state index contributed by atoms with van der Waals surface area (Å²) in [5.74, 6) is -0.965. The molecule has 0 radical (unpaired) electrons. The van der Waals surface area contributed by atoms with Gasteiger partial charge in [-0.25, -0.2) is 4.79 Å². The number of hydrogen-bond acceptors (Lipinski definition) is 2. The molecule has 5 heteroatoms. The third-order valence-corrected chi connectivity index (χ3v) is 4.16. The van der Waals surface area contributed by atoms with E-state index in [9.17, 15) is 4.79 Å². The third-order valence-electron chi connectivity index (χ3n) is 2.04. The highest BCUT2D eigenvalue weighted by Crippen LogP contribution is 2.37. The lowest BCUT2D eigenvalue weighted by Crippen LogP contribution is -1.85. The SMILES string of the molecule is O=C(O)/C=C/c1c(Br)sc2ccc(Cl)cc12. The topological polar surface area (TPSA) is 37.3 Å². The van der Waals surface area contributed by atoms with Gasteiger partial charge < -0.3 is 5.11 Å². The van der Waals surface area contributed by atoms with E-state index in [4.69, 9.17) is 16.7 Å². The Hall–Kier alpha value is -0.840. The molecule has 2 nitrogen and oxygen atoms in total. The van der Waals surface area contributed by atoms with Crippen molar-refractivity contribution in [3.8, 4) is 0 Å². The summed E-state index contributed by atoms with van der Waals surface area (Å²) in [6.07, 6.45) is 2.69. The summed E-state index contributed by atoms with van der Waals surface area (Å²) in [4.78, 5) is 10.5. The van der Waals surface area contributed by atoms with Crippen LogP contribution in [0.1, 0.15) is 5.56 Å². The second kappa shape index (κ2) is 4.57. The minimum Gasteiger partial charge on any atom is -0.478 e. The summed E-state index contributed by atoms with van der Waals surface area (Å²) in [5, 5.41) is 10.2. The maximum Gasteiger partial charge on any atom is 0.328 e. The number of fused-ring (bicyclic) bond motifs is 1. The predicted octanol–water partition coefficient (Wildman–Crippen LogP) is 4.42. The first kappa shape index (κ1) is 11.6. The molecule has 0 fully saturated rings. The molecule has 82 valence electrons. The van der Waals surface area contributed by atoms with Crippen LogP contribution in [0.25, 0.3) is 16.2 Å². The molecule has 16 heavy (non-hydrogen) atoms. The number of carbonyl (C=O) groups is 1. The molecule has 2 rings (SSSR count). The Labute approximate surface area is 109 Å². The highest BCUT2D eigenvalue weighted by atomic mass is 79.9. The Morgan fingerprint density at radius 2 is 2.25 bits per heavy atom. The summed E-state index contributed by atoms with van der Waals surface area (Å²) in [6.45, 7) is 0. The molecule has 1 heterocycles. The summed E-state index contributed by atoms with van der Waals surface area (Å²) in [7, 11) is 0. The van der Waals surface area contributed by atoms with E-state index in [0.717, 1.165) is 25.5 Å². The van der Waals surface area contributed by atoms with Crippen LogP contribution in [-0.4, -0.2) is 11.1 Å². The number of carboxylic acid groups (broad SMARTS) is 1. The molecule has 1 aromatic heterocycles. The van der Waals surface area contributed by atoms with E-state index in [0.29, 0.717) is 5.02 Å². The van der Waals surface area contributed by atoms with E-state index in [1.165, 1.54) is 0 Å². The van der Waals surface area contributed by atoms with Gasteiger partial charge >= 0.3 is 5.97 Å². The van der Waals surface area contributed by atoms with Crippen LogP contribution < -0.4 is 0 Å². The monoisotopic (exact) mass is 316 g/mol. The zero-order chi connectivity index (χ0) is 11.7. The average molecular weight is 318 g/mol. The molecule has 0 aliphatic rings.